The van der Waals surface area contributed by atoms with Gasteiger partial charge in [-0.3, -0.25) is 0 Å². The first-order valence-corrected chi connectivity index (χ1v) is 4.87. The largest absolute Gasteiger partial charge is 0.327 e. The number of hydrogen-bond acceptors (Lipinski definition) is 2. The summed E-state index contributed by atoms with van der Waals surface area (Å²) in [5.41, 5.74) is 6.10. The lowest BCUT2D eigenvalue weighted by Gasteiger charge is -2.19. The Morgan fingerprint density at radius 2 is 2.00 bits per heavy atom. The summed E-state index contributed by atoms with van der Waals surface area (Å²) in [6, 6.07) is 3.66. The summed E-state index contributed by atoms with van der Waals surface area (Å²) < 4.78 is 25.9. The van der Waals surface area contributed by atoms with Gasteiger partial charge in [0, 0.05) is 30.8 Å². The van der Waals surface area contributed by atoms with Crippen LogP contribution in [-0.2, 0) is 6.54 Å². The van der Waals surface area contributed by atoms with E-state index in [9.17, 15) is 8.78 Å². The Morgan fingerprint density at radius 1 is 1.38 bits per heavy atom. The fourth-order valence-electron chi connectivity index (χ4n) is 1.50. The molecule has 0 aliphatic rings. The lowest BCUT2D eigenvalue weighted by atomic mass is 10.2. The molecule has 0 aliphatic heterocycles. The smallest absolute Gasteiger partial charge is 0.130 e. The minimum atomic E-state index is -0.550. The quantitative estimate of drug-likeness (QED) is 0.888. The number of benzene rings is 1. The molecule has 1 rings (SSSR count). The van der Waals surface area contributed by atoms with E-state index < -0.39 is 11.6 Å². The molecule has 1 aromatic carbocycles. The fraction of sp³-hybridized carbons (Fsp3) is 0.455. The van der Waals surface area contributed by atoms with E-state index in [1.165, 1.54) is 12.1 Å². The molecule has 5 heteroatoms. The Morgan fingerprint density at radius 3 is 2.50 bits per heavy atom. The summed E-state index contributed by atoms with van der Waals surface area (Å²) in [5, 5.41) is 0. The van der Waals surface area contributed by atoms with E-state index in [1.54, 1.807) is 0 Å². The van der Waals surface area contributed by atoms with Crippen molar-refractivity contribution in [1.82, 2.24) is 4.90 Å². The third-order valence-electron chi connectivity index (χ3n) is 2.06. The van der Waals surface area contributed by atoms with Gasteiger partial charge < -0.3 is 10.6 Å². The van der Waals surface area contributed by atoms with Crippen LogP contribution in [0.1, 0.15) is 12.5 Å². The van der Waals surface area contributed by atoms with E-state index in [1.807, 2.05) is 18.9 Å². The van der Waals surface area contributed by atoms with Gasteiger partial charge in [-0.25, -0.2) is 8.78 Å². The average molecular weight is 251 g/mol. The summed E-state index contributed by atoms with van der Waals surface area (Å²) in [4.78, 5) is 1.90. The van der Waals surface area contributed by atoms with Crippen LogP contribution in [0, 0.1) is 11.6 Å². The SMILES string of the molecule is CC(N)CN(C)Cc1ccc(F)cc1F.Cl. The molecule has 2 N–H and O–H groups in total. The predicted molar refractivity (Wildman–Crippen MR) is 63.6 cm³/mol. The lowest BCUT2D eigenvalue weighted by molar-refractivity contribution is 0.305. The van der Waals surface area contributed by atoms with Crippen LogP contribution in [0.4, 0.5) is 8.78 Å². The van der Waals surface area contributed by atoms with Gasteiger partial charge in [0.25, 0.3) is 0 Å². The molecule has 0 bridgehead atoms. The van der Waals surface area contributed by atoms with Crippen molar-refractivity contribution in [1.29, 1.82) is 0 Å². The second kappa shape index (κ2) is 6.78. The molecular formula is C11H17ClF2N2. The van der Waals surface area contributed by atoms with Crippen molar-refractivity contribution >= 4 is 12.4 Å². The van der Waals surface area contributed by atoms with Crippen molar-refractivity contribution in [2.24, 2.45) is 5.73 Å². The van der Waals surface area contributed by atoms with Crippen LogP contribution in [0.3, 0.4) is 0 Å². The Balaban J connectivity index is 0.00000225. The Hall–Kier alpha value is -0.710. The molecule has 0 radical (unpaired) electrons. The summed E-state index contributed by atoms with van der Waals surface area (Å²) in [6.07, 6.45) is 0. The first-order valence-electron chi connectivity index (χ1n) is 4.87. The van der Waals surface area contributed by atoms with Gasteiger partial charge in [0.2, 0.25) is 0 Å². The molecule has 0 saturated carbocycles. The van der Waals surface area contributed by atoms with Gasteiger partial charge in [-0.1, -0.05) is 6.07 Å². The Kier molecular flexibility index (Phi) is 6.48. The Bertz CT molecular complexity index is 332. The van der Waals surface area contributed by atoms with Crippen LogP contribution in [0.5, 0.6) is 0 Å². The van der Waals surface area contributed by atoms with Crippen molar-refractivity contribution in [3.63, 3.8) is 0 Å². The zero-order valence-electron chi connectivity index (χ0n) is 9.41. The van der Waals surface area contributed by atoms with Crippen LogP contribution < -0.4 is 5.73 Å². The van der Waals surface area contributed by atoms with Gasteiger partial charge >= 0.3 is 0 Å². The minimum Gasteiger partial charge on any atom is -0.327 e. The summed E-state index contributed by atoms with van der Waals surface area (Å²) >= 11 is 0. The van der Waals surface area contributed by atoms with Gasteiger partial charge in [0.15, 0.2) is 0 Å². The number of nitrogens with two attached hydrogens (primary N) is 1. The van der Waals surface area contributed by atoms with Crippen LogP contribution in [0.2, 0.25) is 0 Å². The van der Waals surface area contributed by atoms with E-state index in [2.05, 4.69) is 0 Å². The molecule has 2 nitrogen and oxygen atoms in total. The van der Waals surface area contributed by atoms with E-state index >= 15 is 0 Å². The van der Waals surface area contributed by atoms with Gasteiger partial charge in [-0.05, 0) is 20.0 Å². The minimum absolute atomic E-state index is 0. The highest BCUT2D eigenvalue weighted by molar-refractivity contribution is 5.85. The van der Waals surface area contributed by atoms with Gasteiger partial charge in [0.1, 0.15) is 11.6 Å². The molecule has 1 atom stereocenters. The monoisotopic (exact) mass is 250 g/mol. The van der Waals surface area contributed by atoms with Crippen LogP contribution >= 0.6 is 12.4 Å². The first-order chi connectivity index (χ1) is 6.99. The summed E-state index contributed by atoms with van der Waals surface area (Å²) in [7, 11) is 1.85. The third kappa shape index (κ3) is 4.88. The fourth-order valence-corrected chi connectivity index (χ4v) is 1.50. The van der Waals surface area contributed by atoms with Crippen molar-refractivity contribution in [3.8, 4) is 0 Å². The van der Waals surface area contributed by atoms with Crippen LogP contribution in [-0.4, -0.2) is 24.5 Å². The van der Waals surface area contributed by atoms with Gasteiger partial charge in [0.05, 0.1) is 0 Å². The maximum atomic E-state index is 13.3. The van der Waals surface area contributed by atoms with Crippen LogP contribution in [0.25, 0.3) is 0 Å². The number of nitrogens with zero attached hydrogens (tertiary/aromatic N) is 1. The van der Waals surface area contributed by atoms with E-state index in [4.69, 9.17) is 5.73 Å². The highest BCUT2D eigenvalue weighted by Gasteiger charge is 2.07. The molecule has 1 unspecified atom stereocenters. The zero-order chi connectivity index (χ0) is 11.4. The molecule has 0 aliphatic carbocycles. The number of rotatable bonds is 4. The highest BCUT2D eigenvalue weighted by Crippen LogP contribution is 2.11. The number of hydrogen-bond donors (Lipinski definition) is 1. The molecule has 16 heavy (non-hydrogen) atoms. The number of likely N-dealkylation sites (N-methyl/N-ethyl adjacent to an activating group) is 1. The molecule has 1 aromatic rings. The second-order valence-electron chi connectivity index (χ2n) is 3.91. The van der Waals surface area contributed by atoms with Crippen LogP contribution in [0.15, 0.2) is 18.2 Å². The summed E-state index contributed by atoms with van der Waals surface area (Å²) in [5.74, 6) is -1.06. The van der Waals surface area contributed by atoms with Gasteiger partial charge in [-0.2, -0.15) is 0 Å². The third-order valence-corrected chi connectivity index (χ3v) is 2.06. The van der Waals surface area contributed by atoms with E-state index in [0.717, 1.165) is 6.07 Å². The first kappa shape index (κ1) is 15.3. The highest BCUT2D eigenvalue weighted by atomic mass is 35.5. The second-order valence-corrected chi connectivity index (χ2v) is 3.91. The zero-order valence-corrected chi connectivity index (χ0v) is 10.2. The van der Waals surface area contributed by atoms with Crippen molar-refractivity contribution < 1.29 is 8.78 Å². The maximum absolute atomic E-state index is 13.3. The molecule has 0 heterocycles. The predicted octanol–water partition coefficient (Wildman–Crippen LogP) is 2.17. The molecule has 0 fully saturated rings. The normalized spacial score (nSPS) is 12.4. The average Bonchev–Trinajstić information content (AvgIpc) is 2.08. The van der Waals surface area contributed by atoms with Crippen molar-refractivity contribution in [2.45, 2.75) is 19.5 Å². The van der Waals surface area contributed by atoms with Crippen molar-refractivity contribution in [3.05, 3.63) is 35.4 Å². The summed E-state index contributed by atoms with van der Waals surface area (Å²) in [6.45, 7) is 3.00. The molecule has 0 amide bonds. The van der Waals surface area contributed by atoms with Gasteiger partial charge in [-0.15, -0.1) is 12.4 Å². The molecular weight excluding hydrogens is 234 g/mol. The van der Waals surface area contributed by atoms with E-state index in [-0.39, 0.29) is 18.4 Å². The topological polar surface area (TPSA) is 29.3 Å². The van der Waals surface area contributed by atoms with E-state index in [0.29, 0.717) is 18.7 Å². The molecule has 0 spiro atoms. The standard InChI is InChI=1S/C11H16F2N2.ClH/c1-8(14)6-15(2)7-9-3-4-10(12)5-11(9)13;/h3-5,8H,6-7,14H2,1-2H3;1H. The van der Waals surface area contributed by atoms with Crippen molar-refractivity contribution in [2.75, 3.05) is 13.6 Å². The molecule has 92 valence electrons. The molecule has 0 saturated heterocycles. The maximum Gasteiger partial charge on any atom is 0.130 e. The lowest BCUT2D eigenvalue weighted by Crippen LogP contribution is -2.32. The Labute approximate surface area is 101 Å². The number of halogens is 3. The molecule has 0 aromatic heterocycles.